The maximum absolute atomic E-state index is 13.9. The Bertz CT molecular complexity index is 1520. The summed E-state index contributed by atoms with van der Waals surface area (Å²) in [5.74, 6) is -0.770. The molecule has 2 amide bonds. The van der Waals surface area contributed by atoms with Crippen LogP contribution in [0.4, 0.5) is 18.9 Å². The second-order valence-electron chi connectivity index (χ2n) is 10.6. The van der Waals surface area contributed by atoms with E-state index in [4.69, 9.17) is 11.6 Å². The van der Waals surface area contributed by atoms with Gasteiger partial charge in [0.15, 0.2) is 0 Å². The molecule has 7 nitrogen and oxygen atoms in total. The third-order valence-electron chi connectivity index (χ3n) is 7.18. The van der Waals surface area contributed by atoms with Crippen molar-refractivity contribution in [3.63, 3.8) is 0 Å². The fourth-order valence-electron chi connectivity index (χ4n) is 4.65. The van der Waals surface area contributed by atoms with E-state index < -0.39 is 33.7 Å². The van der Waals surface area contributed by atoms with Crippen molar-refractivity contribution in [1.29, 1.82) is 0 Å². The summed E-state index contributed by atoms with van der Waals surface area (Å²) in [6.07, 6.45) is -3.03. The molecule has 0 heterocycles. The van der Waals surface area contributed by atoms with Crippen molar-refractivity contribution in [3.05, 3.63) is 101 Å². The largest absolute Gasteiger partial charge is 0.416 e. The van der Waals surface area contributed by atoms with Crippen LogP contribution in [0.15, 0.2) is 78.9 Å². The number of amides is 2. The standard InChI is InChI=1S/C32H37ClF3N3O4S/c1-4-23(2)37-31(41)29(20-24-12-6-5-7-13-24)38(22-25-14-8-9-17-28(25)33)30(40)18-11-19-39(44(3,42)43)27-16-10-15-26(21-27)32(34,35)36/h5-10,12-17,21,23,29H,4,11,18-20,22H2,1-3H3,(H,37,41)/t23-,29+/m1/s1. The highest BCUT2D eigenvalue weighted by Crippen LogP contribution is 2.32. The van der Waals surface area contributed by atoms with Gasteiger partial charge in [-0.3, -0.25) is 13.9 Å². The number of rotatable bonds is 14. The molecule has 3 aromatic rings. The minimum atomic E-state index is -4.65. The summed E-state index contributed by atoms with van der Waals surface area (Å²) < 4.78 is 66.0. The third-order valence-corrected chi connectivity index (χ3v) is 8.75. The first-order valence-electron chi connectivity index (χ1n) is 14.2. The summed E-state index contributed by atoms with van der Waals surface area (Å²) in [7, 11) is -3.98. The van der Waals surface area contributed by atoms with Crippen LogP contribution < -0.4 is 9.62 Å². The smallest absolute Gasteiger partial charge is 0.352 e. The SMILES string of the molecule is CC[C@@H](C)NC(=O)[C@H](Cc1ccccc1)N(Cc1ccccc1Cl)C(=O)CCCN(c1cccc(C(F)(F)F)c1)S(C)(=O)=O. The van der Waals surface area contributed by atoms with Crippen molar-refractivity contribution in [2.75, 3.05) is 17.1 Å². The Labute approximate surface area is 262 Å². The molecule has 0 aromatic heterocycles. The Morgan fingerprint density at radius 1 is 0.977 bits per heavy atom. The molecule has 2 atom stereocenters. The Balaban J connectivity index is 1.91. The molecule has 12 heteroatoms. The monoisotopic (exact) mass is 651 g/mol. The zero-order valence-electron chi connectivity index (χ0n) is 24.9. The van der Waals surface area contributed by atoms with Gasteiger partial charge in [0.25, 0.3) is 0 Å². The van der Waals surface area contributed by atoms with Gasteiger partial charge in [-0.2, -0.15) is 13.2 Å². The first-order chi connectivity index (χ1) is 20.7. The summed E-state index contributed by atoms with van der Waals surface area (Å²) in [4.78, 5) is 29.0. The maximum atomic E-state index is 13.9. The first-order valence-corrected chi connectivity index (χ1v) is 16.5. The lowest BCUT2D eigenvalue weighted by atomic mass is 10.0. The van der Waals surface area contributed by atoms with Crippen LogP contribution in [0.2, 0.25) is 5.02 Å². The van der Waals surface area contributed by atoms with Gasteiger partial charge in [-0.15, -0.1) is 0 Å². The number of alkyl halides is 3. The van der Waals surface area contributed by atoms with Crippen molar-refractivity contribution in [3.8, 4) is 0 Å². The maximum Gasteiger partial charge on any atom is 0.416 e. The number of benzene rings is 3. The molecule has 3 rings (SSSR count). The number of nitrogens with zero attached hydrogens (tertiary/aromatic N) is 2. The Hall–Kier alpha value is -3.57. The van der Waals surface area contributed by atoms with Crippen molar-refractivity contribution >= 4 is 39.1 Å². The number of carbonyl (C=O) groups excluding carboxylic acids is 2. The van der Waals surface area contributed by atoms with Gasteiger partial charge in [-0.25, -0.2) is 8.42 Å². The third kappa shape index (κ3) is 9.99. The molecule has 0 aliphatic rings. The van der Waals surface area contributed by atoms with E-state index in [0.717, 1.165) is 34.3 Å². The van der Waals surface area contributed by atoms with Gasteiger partial charge < -0.3 is 10.2 Å². The molecule has 0 saturated carbocycles. The second-order valence-corrected chi connectivity index (χ2v) is 12.9. The van der Waals surface area contributed by atoms with Crippen LogP contribution in [-0.2, 0) is 38.8 Å². The molecule has 0 spiro atoms. The first kappa shape index (κ1) is 34.9. The van der Waals surface area contributed by atoms with E-state index >= 15 is 0 Å². The quantitative estimate of drug-likeness (QED) is 0.217. The van der Waals surface area contributed by atoms with E-state index in [1.54, 1.807) is 24.3 Å². The summed E-state index contributed by atoms with van der Waals surface area (Å²) in [5.41, 5.74) is 0.319. The van der Waals surface area contributed by atoms with Crippen LogP contribution in [0.5, 0.6) is 0 Å². The number of nitrogens with one attached hydrogen (secondary N) is 1. The molecule has 0 aliphatic carbocycles. The number of carbonyl (C=O) groups is 2. The normalized spacial score (nSPS) is 13.2. The molecular formula is C32H37ClF3N3O4S. The predicted molar refractivity (Wildman–Crippen MR) is 167 cm³/mol. The second kappa shape index (κ2) is 15.4. The van der Waals surface area contributed by atoms with Crippen LogP contribution in [0.1, 0.15) is 49.8 Å². The fraction of sp³-hybridized carbons (Fsp3) is 0.375. The molecule has 1 N–H and O–H groups in total. The minimum absolute atomic E-state index is 0.00773. The highest BCUT2D eigenvalue weighted by Gasteiger charge is 2.33. The van der Waals surface area contributed by atoms with Gasteiger partial charge in [0, 0.05) is 37.0 Å². The van der Waals surface area contributed by atoms with Crippen molar-refractivity contribution in [2.45, 2.75) is 64.3 Å². The summed E-state index contributed by atoms with van der Waals surface area (Å²) >= 11 is 6.44. The van der Waals surface area contributed by atoms with Crippen LogP contribution in [0.25, 0.3) is 0 Å². The summed E-state index contributed by atoms with van der Waals surface area (Å²) in [6.45, 7) is 3.58. The molecule has 0 fully saturated rings. The predicted octanol–water partition coefficient (Wildman–Crippen LogP) is 6.46. The van der Waals surface area contributed by atoms with Gasteiger partial charge in [0.1, 0.15) is 6.04 Å². The van der Waals surface area contributed by atoms with E-state index in [1.165, 1.54) is 11.0 Å². The lowest BCUT2D eigenvalue weighted by molar-refractivity contribution is -0.141. The van der Waals surface area contributed by atoms with Gasteiger partial charge in [-0.1, -0.05) is 73.1 Å². The lowest BCUT2D eigenvalue weighted by Gasteiger charge is -2.33. The molecule has 0 unspecified atom stereocenters. The summed E-state index contributed by atoms with van der Waals surface area (Å²) in [5, 5.41) is 3.39. The topological polar surface area (TPSA) is 86.8 Å². The lowest BCUT2D eigenvalue weighted by Crippen LogP contribution is -2.52. The number of hydrogen-bond donors (Lipinski definition) is 1. The average Bonchev–Trinajstić information content (AvgIpc) is 2.97. The van der Waals surface area contributed by atoms with Crippen LogP contribution in [0.3, 0.4) is 0 Å². The molecule has 3 aromatic carbocycles. The van der Waals surface area contributed by atoms with E-state index in [-0.39, 0.29) is 50.0 Å². The molecule has 0 saturated heterocycles. The number of anilines is 1. The molecule has 0 bridgehead atoms. The van der Waals surface area contributed by atoms with E-state index in [9.17, 15) is 31.2 Å². The fourth-order valence-corrected chi connectivity index (χ4v) is 5.80. The minimum Gasteiger partial charge on any atom is -0.352 e. The van der Waals surface area contributed by atoms with Crippen molar-refractivity contribution in [2.24, 2.45) is 0 Å². The molecule has 238 valence electrons. The molecule has 44 heavy (non-hydrogen) atoms. The van der Waals surface area contributed by atoms with Gasteiger partial charge in [-0.05, 0) is 55.2 Å². The van der Waals surface area contributed by atoms with Crippen LogP contribution in [0, 0.1) is 0 Å². The number of halogens is 4. The van der Waals surface area contributed by atoms with Crippen LogP contribution in [-0.4, -0.2) is 50.0 Å². The van der Waals surface area contributed by atoms with Crippen molar-refractivity contribution < 1.29 is 31.2 Å². The van der Waals surface area contributed by atoms with E-state index in [1.807, 2.05) is 44.2 Å². The van der Waals surface area contributed by atoms with Gasteiger partial charge in [0.05, 0.1) is 17.5 Å². The van der Waals surface area contributed by atoms with Gasteiger partial charge in [0.2, 0.25) is 21.8 Å². The Morgan fingerprint density at radius 2 is 1.64 bits per heavy atom. The highest BCUT2D eigenvalue weighted by atomic mass is 35.5. The zero-order valence-corrected chi connectivity index (χ0v) is 26.4. The Morgan fingerprint density at radius 3 is 2.25 bits per heavy atom. The van der Waals surface area contributed by atoms with Crippen molar-refractivity contribution in [1.82, 2.24) is 10.2 Å². The average molecular weight is 652 g/mol. The zero-order chi connectivity index (χ0) is 32.5. The van der Waals surface area contributed by atoms with Crippen LogP contribution >= 0.6 is 11.6 Å². The molecule has 0 aliphatic heterocycles. The molecule has 0 radical (unpaired) electrons. The number of sulfonamides is 1. The van der Waals surface area contributed by atoms with E-state index in [2.05, 4.69) is 5.32 Å². The Kier molecular flexibility index (Phi) is 12.2. The van der Waals surface area contributed by atoms with E-state index in [0.29, 0.717) is 17.0 Å². The van der Waals surface area contributed by atoms with Gasteiger partial charge >= 0.3 is 6.18 Å². The summed E-state index contributed by atoms with van der Waals surface area (Å²) in [6, 6.07) is 19.2. The number of hydrogen-bond acceptors (Lipinski definition) is 4. The highest BCUT2D eigenvalue weighted by molar-refractivity contribution is 7.92. The molecular weight excluding hydrogens is 615 g/mol.